The molecule has 2 aromatic carbocycles. The van der Waals surface area contributed by atoms with E-state index >= 15 is 0 Å². The van der Waals surface area contributed by atoms with Gasteiger partial charge in [0.2, 0.25) is 10.0 Å². The highest BCUT2D eigenvalue weighted by Gasteiger charge is 2.21. The number of nitrogens with one attached hydrogen (secondary N) is 1. The Hall–Kier alpha value is -1.72. The van der Waals surface area contributed by atoms with Crippen molar-refractivity contribution in [3.8, 4) is 0 Å². The molecule has 0 aliphatic carbocycles. The van der Waals surface area contributed by atoms with E-state index in [4.69, 9.17) is 0 Å². The van der Waals surface area contributed by atoms with E-state index in [-0.39, 0.29) is 10.9 Å². The van der Waals surface area contributed by atoms with Crippen molar-refractivity contribution < 1.29 is 12.8 Å². The van der Waals surface area contributed by atoms with Gasteiger partial charge in [-0.3, -0.25) is 0 Å². The first kappa shape index (κ1) is 16.6. The predicted molar refractivity (Wildman–Crippen MR) is 85.8 cm³/mol. The van der Waals surface area contributed by atoms with Gasteiger partial charge in [-0.15, -0.1) is 0 Å². The Morgan fingerprint density at radius 1 is 1.00 bits per heavy atom. The number of sulfonamides is 1. The second-order valence-corrected chi connectivity index (χ2v) is 7.30. The van der Waals surface area contributed by atoms with E-state index < -0.39 is 15.8 Å². The molecule has 3 nitrogen and oxygen atoms in total. The molecule has 0 fully saturated rings. The molecule has 0 saturated heterocycles. The van der Waals surface area contributed by atoms with Gasteiger partial charge in [-0.2, -0.15) is 0 Å². The summed E-state index contributed by atoms with van der Waals surface area (Å²) in [5.74, 6) is -0.445. The smallest absolute Gasteiger partial charge is 0.207 e. The zero-order valence-electron chi connectivity index (χ0n) is 13.1. The monoisotopic (exact) mass is 321 g/mol. The Balaban J connectivity index is 2.31. The molecule has 5 heteroatoms. The summed E-state index contributed by atoms with van der Waals surface area (Å²) in [5.41, 5.74) is 3.48. The number of hydrogen-bond donors (Lipinski definition) is 1. The van der Waals surface area contributed by atoms with Crippen LogP contribution in [-0.4, -0.2) is 8.42 Å². The van der Waals surface area contributed by atoms with E-state index in [0.717, 1.165) is 22.8 Å². The molecule has 0 unspecified atom stereocenters. The van der Waals surface area contributed by atoms with Crippen LogP contribution < -0.4 is 4.72 Å². The summed E-state index contributed by atoms with van der Waals surface area (Å²) in [7, 11) is -3.70. The molecule has 0 aliphatic rings. The van der Waals surface area contributed by atoms with Crippen molar-refractivity contribution in [3.63, 3.8) is 0 Å². The maximum Gasteiger partial charge on any atom is 0.241 e. The lowest BCUT2D eigenvalue weighted by molar-refractivity contribution is 0.565. The van der Waals surface area contributed by atoms with Gasteiger partial charge in [-0.25, -0.2) is 17.5 Å². The molecule has 22 heavy (non-hydrogen) atoms. The molecule has 0 radical (unpaired) electrons. The molecule has 2 rings (SSSR count). The highest BCUT2D eigenvalue weighted by molar-refractivity contribution is 7.89. The summed E-state index contributed by atoms with van der Waals surface area (Å²) in [6, 6.07) is 9.20. The minimum absolute atomic E-state index is 0.102. The summed E-state index contributed by atoms with van der Waals surface area (Å²) in [4.78, 5) is 0.102. The van der Waals surface area contributed by atoms with Crippen LogP contribution in [0.25, 0.3) is 0 Å². The number of aryl methyl sites for hydroxylation is 3. The Kier molecular flexibility index (Phi) is 4.68. The van der Waals surface area contributed by atoms with E-state index in [2.05, 4.69) is 4.72 Å². The molecular weight excluding hydrogens is 301 g/mol. The lowest BCUT2D eigenvalue weighted by Crippen LogP contribution is -2.28. The summed E-state index contributed by atoms with van der Waals surface area (Å²) in [6.07, 6.45) is 0. The van der Waals surface area contributed by atoms with Crippen LogP contribution in [0.5, 0.6) is 0 Å². The average molecular weight is 321 g/mol. The van der Waals surface area contributed by atoms with Crippen molar-refractivity contribution >= 4 is 10.0 Å². The van der Waals surface area contributed by atoms with E-state index in [0.29, 0.717) is 5.56 Å². The first-order valence-corrected chi connectivity index (χ1v) is 8.54. The summed E-state index contributed by atoms with van der Waals surface area (Å²) in [6.45, 7) is 7.33. The number of rotatable bonds is 4. The summed E-state index contributed by atoms with van der Waals surface area (Å²) in [5, 5.41) is 0. The van der Waals surface area contributed by atoms with Crippen molar-refractivity contribution in [2.75, 3.05) is 0 Å². The SMILES string of the molecule is Cc1ccc([C@@H](C)NS(=O)(=O)c2ccc(F)cc2C)c(C)c1. The largest absolute Gasteiger partial charge is 0.241 e. The Morgan fingerprint density at radius 3 is 2.27 bits per heavy atom. The maximum atomic E-state index is 13.1. The second kappa shape index (κ2) is 6.18. The zero-order valence-corrected chi connectivity index (χ0v) is 14.0. The van der Waals surface area contributed by atoms with Gasteiger partial charge in [-0.05, 0) is 62.6 Å². The Bertz CT molecular complexity index is 800. The van der Waals surface area contributed by atoms with Gasteiger partial charge in [0.05, 0.1) is 4.90 Å². The zero-order chi connectivity index (χ0) is 16.5. The van der Waals surface area contributed by atoms with Crippen molar-refractivity contribution in [2.24, 2.45) is 0 Å². The minimum Gasteiger partial charge on any atom is -0.207 e. The molecule has 1 N–H and O–H groups in total. The van der Waals surface area contributed by atoms with Crippen LogP contribution >= 0.6 is 0 Å². The Morgan fingerprint density at radius 2 is 1.68 bits per heavy atom. The third kappa shape index (κ3) is 3.54. The van der Waals surface area contributed by atoms with Gasteiger partial charge < -0.3 is 0 Å². The molecule has 0 amide bonds. The van der Waals surface area contributed by atoms with Crippen LogP contribution in [-0.2, 0) is 10.0 Å². The van der Waals surface area contributed by atoms with Crippen molar-refractivity contribution in [2.45, 2.75) is 38.6 Å². The average Bonchev–Trinajstić information content (AvgIpc) is 2.37. The maximum absolute atomic E-state index is 13.1. The lowest BCUT2D eigenvalue weighted by Gasteiger charge is -2.18. The molecule has 0 heterocycles. The second-order valence-electron chi connectivity index (χ2n) is 5.61. The third-order valence-electron chi connectivity index (χ3n) is 3.65. The first-order chi connectivity index (χ1) is 10.2. The number of hydrogen-bond acceptors (Lipinski definition) is 2. The van der Waals surface area contributed by atoms with Crippen LogP contribution in [0.1, 0.15) is 35.2 Å². The topological polar surface area (TPSA) is 46.2 Å². The van der Waals surface area contributed by atoms with Crippen molar-refractivity contribution in [1.82, 2.24) is 4.72 Å². The van der Waals surface area contributed by atoms with Crippen LogP contribution in [0, 0.1) is 26.6 Å². The molecule has 2 aromatic rings. The molecule has 0 spiro atoms. The van der Waals surface area contributed by atoms with Crippen LogP contribution in [0.2, 0.25) is 0 Å². The van der Waals surface area contributed by atoms with E-state index in [1.807, 2.05) is 32.0 Å². The fourth-order valence-corrected chi connectivity index (χ4v) is 4.03. The predicted octanol–water partition coefficient (Wildman–Crippen LogP) is 3.79. The third-order valence-corrected chi connectivity index (χ3v) is 5.35. The van der Waals surface area contributed by atoms with Gasteiger partial charge in [0, 0.05) is 6.04 Å². The van der Waals surface area contributed by atoms with E-state index in [1.165, 1.54) is 12.1 Å². The Labute approximate surface area is 131 Å². The quantitative estimate of drug-likeness (QED) is 0.931. The van der Waals surface area contributed by atoms with Gasteiger partial charge in [0.1, 0.15) is 5.82 Å². The molecule has 118 valence electrons. The normalized spacial score (nSPS) is 13.1. The van der Waals surface area contributed by atoms with Gasteiger partial charge in [0.25, 0.3) is 0 Å². The standard InChI is InChI=1S/C17H20FNO2S/c1-11-5-7-16(12(2)9-11)14(4)19-22(20,21)17-8-6-15(18)10-13(17)3/h5-10,14,19H,1-4H3/t14-/m1/s1. The highest BCUT2D eigenvalue weighted by atomic mass is 32.2. The van der Waals surface area contributed by atoms with Crippen LogP contribution in [0.4, 0.5) is 4.39 Å². The molecule has 0 aliphatic heterocycles. The molecule has 0 saturated carbocycles. The summed E-state index contributed by atoms with van der Waals surface area (Å²) >= 11 is 0. The fraction of sp³-hybridized carbons (Fsp3) is 0.294. The number of halogens is 1. The molecular formula is C17H20FNO2S. The van der Waals surface area contributed by atoms with Gasteiger partial charge in [-0.1, -0.05) is 23.8 Å². The lowest BCUT2D eigenvalue weighted by atomic mass is 10.0. The first-order valence-electron chi connectivity index (χ1n) is 7.06. The summed E-state index contributed by atoms with van der Waals surface area (Å²) < 4.78 is 40.8. The van der Waals surface area contributed by atoms with Crippen LogP contribution in [0.15, 0.2) is 41.3 Å². The molecule has 1 atom stereocenters. The van der Waals surface area contributed by atoms with Crippen molar-refractivity contribution in [1.29, 1.82) is 0 Å². The number of benzene rings is 2. The highest BCUT2D eigenvalue weighted by Crippen LogP contribution is 2.22. The van der Waals surface area contributed by atoms with Crippen molar-refractivity contribution in [3.05, 3.63) is 64.5 Å². The molecule has 0 bridgehead atoms. The fourth-order valence-electron chi connectivity index (χ4n) is 2.59. The van der Waals surface area contributed by atoms with Gasteiger partial charge in [0.15, 0.2) is 0 Å². The van der Waals surface area contributed by atoms with E-state index in [9.17, 15) is 12.8 Å². The van der Waals surface area contributed by atoms with Crippen LogP contribution in [0.3, 0.4) is 0 Å². The minimum atomic E-state index is -3.70. The van der Waals surface area contributed by atoms with Gasteiger partial charge >= 0.3 is 0 Å². The molecule has 0 aromatic heterocycles. The van der Waals surface area contributed by atoms with E-state index in [1.54, 1.807) is 13.8 Å².